The summed E-state index contributed by atoms with van der Waals surface area (Å²) >= 11 is 0. The van der Waals surface area contributed by atoms with E-state index >= 15 is 0 Å². The topological polar surface area (TPSA) is 29.5 Å². The van der Waals surface area contributed by atoms with E-state index in [4.69, 9.17) is 9.84 Å². The van der Waals surface area contributed by atoms with Crippen LogP contribution in [0.15, 0.2) is 0 Å². The van der Waals surface area contributed by atoms with Crippen LogP contribution in [0, 0.1) is 6.92 Å². The summed E-state index contributed by atoms with van der Waals surface area (Å²) in [5, 5.41) is 8.62. The number of unbranched alkanes of at least 4 members (excludes halogenated alkanes) is 1. The van der Waals surface area contributed by atoms with Gasteiger partial charge in [0.2, 0.25) is 0 Å². The number of ether oxygens (including phenoxy) is 1. The van der Waals surface area contributed by atoms with Crippen molar-refractivity contribution in [2.24, 2.45) is 0 Å². The van der Waals surface area contributed by atoms with Gasteiger partial charge in [-0.25, -0.2) is 0 Å². The summed E-state index contributed by atoms with van der Waals surface area (Å²) in [7, 11) is 0. The van der Waals surface area contributed by atoms with Crippen molar-refractivity contribution in [2.75, 3.05) is 13.2 Å². The minimum absolute atomic E-state index is 0. The number of rotatable bonds is 5. The number of aliphatic hydroxyl groups excluding tert-OH is 1. The molecule has 0 aliphatic heterocycles. The Bertz CT molecular complexity index is 57.6. The second-order valence-corrected chi connectivity index (χ2v) is 2.08. The van der Waals surface area contributed by atoms with Crippen LogP contribution in [0.3, 0.4) is 0 Å². The molecule has 1 atom stereocenters. The first-order valence-electron chi connectivity index (χ1n) is 3.36. The molecule has 0 aromatic carbocycles. The Morgan fingerprint density at radius 2 is 2.20 bits per heavy atom. The Balaban J connectivity index is 0. The van der Waals surface area contributed by atoms with Crippen LogP contribution in [0.2, 0.25) is 0 Å². The second-order valence-electron chi connectivity index (χ2n) is 2.08. The van der Waals surface area contributed by atoms with Gasteiger partial charge < -0.3 is 9.84 Å². The molecule has 57 valence electrons. The quantitative estimate of drug-likeness (QED) is 0.458. The monoisotopic (exact) mass is 155 g/mol. The number of hydrogen-bond acceptors (Lipinski definition) is 2. The van der Waals surface area contributed by atoms with Crippen LogP contribution in [0.4, 0.5) is 0 Å². The summed E-state index contributed by atoms with van der Waals surface area (Å²) < 4.78 is 5.02. The maximum atomic E-state index is 8.62. The van der Waals surface area contributed by atoms with Crippen molar-refractivity contribution < 1.29 is 9.84 Å². The van der Waals surface area contributed by atoms with Crippen LogP contribution < -0.4 is 0 Å². The second kappa shape index (κ2) is 9.92. The van der Waals surface area contributed by atoms with Crippen molar-refractivity contribution in [3.8, 4) is 0 Å². The molecule has 0 saturated heterocycles. The molecule has 0 spiro atoms. The zero-order chi connectivity index (χ0) is 7.11. The number of aliphatic hydroxyl groups is 1. The van der Waals surface area contributed by atoms with E-state index in [2.05, 4.69) is 13.8 Å². The van der Waals surface area contributed by atoms with Crippen LogP contribution in [-0.4, -0.2) is 54.0 Å². The SMILES string of the molecule is [CH2]C(O)COCCCC.[NaH]. The zero-order valence-corrected chi connectivity index (χ0v) is 5.97. The van der Waals surface area contributed by atoms with E-state index in [1.165, 1.54) is 0 Å². The van der Waals surface area contributed by atoms with Crippen LogP contribution in [0.5, 0.6) is 0 Å². The Morgan fingerprint density at radius 3 is 2.60 bits per heavy atom. The average molecular weight is 155 g/mol. The molecule has 0 aromatic rings. The third-order valence-electron chi connectivity index (χ3n) is 0.952. The predicted octanol–water partition coefficient (Wildman–Crippen LogP) is 0.350. The fourth-order valence-corrected chi connectivity index (χ4v) is 0.466. The molecule has 0 amide bonds. The van der Waals surface area contributed by atoms with Gasteiger partial charge in [-0.2, -0.15) is 0 Å². The van der Waals surface area contributed by atoms with Gasteiger partial charge in [0, 0.05) is 6.61 Å². The third-order valence-corrected chi connectivity index (χ3v) is 0.952. The fraction of sp³-hybridized carbons (Fsp3) is 0.857. The van der Waals surface area contributed by atoms with Gasteiger partial charge >= 0.3 is 29.6 Å². The van der Waals surface area contributed by atoms with E-state index in [1.54, 1.807) is 0 Å². The molecule has 0 fully saturated rings. The average Bonchev–Trinajstić information content (AvgIpc) is 1.80. The molecule has 0 rings (SSSR count). The molecule has 0 saturated carbocycles. The molecular formula is C7H16NaO2. The third kappa shape index (κ3) is 11.7. The first-order valence-corrected chi connectivity index (χ1v) is 3.36. The van der Waals surface area contributed by atoms with Crippen LogP contribution in [-0.2, 0) is 4.74 Å². The molecule has 1 radical (unpaired) electrons. The van der Waals surface area contributed by atoms with Gasteiger partial charge in [0.15, 0.2) is 0 Å². The van der Waals surface area contributed by atoms with Gasteiger partial charge in [-0.1, -0.05) is 13.3 Å². The number of hydrogen-bond donors (Lipinski definition) is 1. The van der Waals surface area contributed by atoms with E-state index in [0.29, 0.717) is 6.61 Å². The molecule has 1 N–H and O–H groups in total. The summed E-state index contributed by atoms with van der Waals surface area (Å²) in [6, 6.07) is 0. The van der Waals surface area contributed by atoms with Crippen molar-refractivity contribution in [1.82, 2.24) is 0 Å². The minimum atomic E-state index is -0.568. The Labute approximate surface area is 85.3 Å². The van der Waals surface area contributed by atoms with Crippen molar-refractivity contribution in [3.05, 3.63) is 6.92 Å². The Hall–Kier alpha value is 0.920. The molecule has 0 aliphatic rings. The molecule has 2 nitrogen and oxygen atoms in total. The first-order chi connectivity index (χ1) is 4.27. The van der Waals surface area contributed by atoms with Gasteiger partial charge in [-0.15, -0.1) is 0 Å². The molecule has 3 heteroatoms. The standard InChI is InChI=1S/C7H15O2.Na.H/c1-3-4-5-9-6-7(2)8;;/h7-8H,2-6H2,1H3;;. The summed E-state index contributed by atoms with van der Waals surface area (Å²) in [4.78, 5) is 0. The van der Waals surface area contributed by atoms with Crippen molar-refractivity contribution in [2.45, 2.75) is 25.9 Å². The van der Waals surface area contributed by atoms with Gasteiger partial charge in [0.25, 0.3) is 0 Å². The van der Waals surface area contributed by atoms with Gasteiger partial charge in [-0.05, 0) is 13.3 Å². The van der Waals surface area contributed by atoms with Gasteiger partial charge in [0.05, 0.1) is 12.7 Å². The van der Waals surface area contributed by atoms with E-state index in [9.17, 15) is 0 Å². The summed E-state index contributed by atoms with van der Waals surface area (Å²) in [6.45, 7) is 6.57. The summed E-state index contributed by atoms with van der Waals surface area (Å²) in [5.41, 5.74) is 0. The molecular weight excluding hydrogens is 139 g/mol. The molecule has 0 heterocycles. The predicted molar refractivity (Wildman–Crippen MR) is 44.2 cm³/mol. The Kier molecular flexibility index (Phi) is 13.4. The van der Waals surface area contributed by atoms with Crippen LogP contribution in [0.1, 0.15) is 19.8 Å². The van der Waals surface area contributed by atoms with Crippen LogP contribution in [0.25, 0.3) is 0 Å². The van der Waals surface area contributed by atoms with Gasteiger partial charge in [0.1, 0.15) is 0 Å². The van der Waals surface area contributed by atoms with Crippen molar-refractivity contribution in [1.29, 1.82) is 0 Å². The summed E-state index contributed by atoms with van der Waals surface area (Å²) in [6.07, 6.45) is 1.63. The van der Waals surface area contributed by atoms with E-state index in [0.717, 1.165) is 19.4 Å². The maximum absolute atomic E-state index is 8.62. The van der Waals surface area contributed by atoms with Crippen molar-refractivity contribution in [3.63, 3.8) is 0 Å². The van der Waals surface area contributed by atoms with E-state index < -0.39 is 6.10 Å². The normalized spacial score (nSPS) is 12.3. The van der Waals surface area contributed by atoms with Crippen LogP contribution >= 0.6 is 0 Å². The molecule has 0 aromatic heterocycles. The molecule has 1 unspecified atom stereocenters. The zero-order valence-electron chi connectivity index (χ0n) is 5.97. The summed E-state index contributed by atoms with van der Waals surface area (Å²) in [5.74, 6) is 0. The van der Waals surface area contributed by atoms with E-state index in [1.807, 2.05) is 0 Å². The van der Waals surface area contributed by atoms with Crippen molar-refractivity contribution >= 4 is 29.6 Å². The Morgan fingerprint density at radius 1 is 1.60 bits per heavy atom. The molecule has 0 aliphatic carbocycles. The van der Waals surface area contributed by atoms with E-state index in [-0.39, 0.29) is 29.6 Å². The molecule has 10 heavy (non-hydrogen) atoms. The van der Waals surface area contributed by atoms with Gasteiger partial charge in [-0.3, -0.25) is 0 Å². The molecule has 0 bridgehead atoms. The fourth-order valence-electron chi connectivity index (χ4n) is 0.466. The first kappa shape index (κ1) is 13.5.